The van der Waals surface area contributed by atoms with E-state index in [2.05, 4.69) is 28.3 Å². The lowest BCUT2D eigenvalue weighted by Gasteiger charge is -2.17. The molecule has 2 aliphatic rings. The molecule has 2 aromatic rings. The van der Waals surface area contributed by atoms with Crippen molar-refractivity contribution < 1.29 is 4.79 Å². The first-order chi connectivity index (χ1) is 13.7. The van der Waals surface area contributed by atoms with E-state index in [4.69, 9.17) is 0 Å². The Labute approximate surface area is 167 Å². The second kappa shape index (κ2) is 8.68. The van der Waals surface area contributed by atoms with Gasteiger partial charge in [0.05, 0.1) is 17.1 Å². The summed E-state index contributed by atoms with van der Waals surface area (Å²) in [5, 5.41) is 3.31. The smallest absolute Gasteiger partial charge is 0.204 e. The lowest BCUT2D eigenvalue weighted by atomic mass is 9.87. The Bertz CT molecular complexity index is 870. The van der Waals surface area contributed by atoms with Crippen molar-refractivity contribution in [1.82, 2.24) is 15.3 Å². The van der Waals surface area contributed by atoms with E-state index in [0.717, 1.165) is 23.5 Å². The van der Waals surface area contributed by atoms with Crippen molar-refractivity contribution in [3.8, 4) is 0 Å². The van der Waals surface area contributed by atoms with Gasteiger partial charge >= 0.3 is 0 Å². The van der Waals surface area contributed by atoms with Crippen molar-refractivity contribution in [3.05, 3.63) is 58.8 Å². The molecule has 0 amide bonds. The molecule has 3 N–H and O–H groups in total. The number of H-pyrrole nitrogens is 2. The standard InChI is InChI=1S/C24H31N3O/c1-2-3-9-17-10-6-4-5-7-11-18-14-19(17)21(26-18)15-23-24(28)16-22(27-23)20-12-8-13-25-20/h8,12-17,25-27H,2-7,9-11H2,1H3/b23-15+. The van der Waals surface area contributed by atoms with Crippen molar-refractivity contribution in [1.29, 1.82) is 0 Å². The maximum Gasteiger partial charge on any atom is 0.204 e. The predicted molar refractivity (Wildman–Crippen MR) is 115 cm³/mol. The summed E-state index contributed by atoms with van der Waals surface area (Å²) in [6, 6.07) is 6.29. The molecule has 0 spiro atoms. The van der Waals surface area contributed by atoms with E-state index < -0.39 is 0 Å². The number of aromatic nitrogens is 2. The van der Waals surface area contributed by atoms with Gasteiger partial charge < -0.3 is 15.3 Å². The zero-order valence-corrected chi connectivity index (χ0v) is 16.8. The zero-order valence-electron chi connectivity index (χ0n) is 16.8. The van der Waals surface area contributed by atoms with Gasteiger partial charge in [0.1, 0.15) is 0 Å². The van der Waals surface area contributed by atoms with Crippen LogP contribution < -0.4 is 5.32 Å². The average Bonchev–Trinajstić information content (AvgIpc) is 3.42. The van der Waals surface area contributed by atoms with Crippen LogP contribution in [0.1, 0.15) is 86.9 Å². The monoisotopic (exact) mass is 377 g/mol. The zero-order chi connectivity index (χ0) is 19.3. The first-order valence-electron chi connectivity index (χ1n) is 10.8. The van der Waals surface area contributed by atoms with E-state index in [-0.39, 0.29) is 5.78 Å². The summed E-state index contributed by atoms with van der Waals surface area (Å²) >= 11 is 0. The highest BCUT2D eigenvalue weighted by atomic mass is 16.1. The van der Waals surface area contributed by atoms with Gasteiger partial charge in [-0.05, 0) is 61.4 Å². The van der Waals surface area contributed by atoms with Gasteiger partial charge in [-0.15, -0.1) is 0 Å². The first kappa shape index (κ1) is 18.9. The van der Waals surface area contributed by atoms with Crippen molar-refractivity contribution >= 4 is 17.6 Å². The fraction of sp³-hybridized carbons (Fsp3) is 0.458. The van der Waals surface area contributed by atoms with Crippen LogP contribution in [0.4, 0.5) is 0 Å². The molecule has 1 aliphatic heterocycles. The number of aromatic amines is 2. The number of carbonyl (C=O) groups is 1. The predicted octanol–water partition coefficient (Wildman–Crippen LogP) is 5.68. The molecule has 0 fully saturated rings. The van der Waals surface area contributed by atoms with Crippen LogP contribution >= 0.6 is 0 Å². The number of rotatable bonds is 5. The highest BCUT2D eigenvalue weighted by Gasteiger charge is 2.23. The molecule has 2 bridgehead atoms. The third-order valence-corrected chi connectivity index (χ3v) is 6.02. The quantitative estimate of drug-likeness (QED) is 0.587. The fourth-order valence-corrected chi connectivity index (χ4v) is 4.45. The molecule has 3 heterocycles. The van der Waals surface area contributed by atoms with E-state index in [0.29, 0.717) is 11.6 Å². The maximum atomic E-state index is 12.6. The minimum atomic E-state index is 0.0427. The molecule has 0 saturated carbocycles. The molecule has 0 radical (unpaired) electrons. The number of carbonyl (C=O) groups excluding carboxylic acids is 1. The Balaban J connectivity index is 1.63. The van der Waals surface area contributed by atoms with Crippen LogP contribution in [0.25, 0.3) is 11.8 Å². The Hall–Kier alpha value is -2.49. The molecule has 4 nitrogen and oxygen atoms in total. The molecular weight excluding hydrogens is 346 g/mol. The number of hydrogen-bond donors (Lipinski definition) is 3. The summed E-state index contributed by atoms with van der Waals surface area (Å²) < 4.78 is 0. The average molecular weight is 378 g/mol. The van der Waals surface area contributed by atoms with Crippen molar-refractivity contribution in [2.45, 2.75) is 70.6 Å². The Morgan fingerprint density at radius 3 is 2.93 bits per heavy atom. The highest BCUT2D eigenvalue weighted by molar-refractivity contribution is 6.14. The minimum Gasteiger partial charge on any atom is -0.360 e. The number of unbranched alkanes of at least 4 members (excludes halogenated alkanes) is 1. The molecule has 1 aliphatic carbocycles. The lowest BCUT2D eigenvalue weighted by Crippen LogP contribution is -2.10. The van der Waals surface area contributed by atoms with Crippen LogP contribution in [0.3, 0.4) is 0 Å². The molecule has 0 saturated heterocycles. The van der Waals surface area contributed by atoms with Crippen molar-refractivity contribution in [2.75, 3.05) is 0 Å². The number of hydrogen-bond acceptors (Lipinski definition) is 2. The molecule has 28 heavy (non-hydrogen) atoms. The first-order valence-corrected chi connectivity index (χ1v) is 10.8. The van der Waals surface area contributed by atoms with Crippen LogP contribution in [-0.4, -0.2) is 15.8 Å². The Morgan fingerprint density at radius 2 is 2.11 bits per heavy atom. The molecule has 2 aromatic heterocycles. The second-order valence-corrected chi connectivity index (χ2v) is 8.14. The third-order valence-electron chi connectivity index (χ3n) is 6.02. The molecular formula is C24H31N3O. The maximum absolute atomic E-state index is 12.6. The van der Waals surface area contributed by atoms with E-state index in [1.54, 1.807) is 6.08 Å². The number of nitrogens with one attached hydrogen (secondary N) is 3. The summed E-state index contributed by atoms with van der Waals surface area (Å²) in [5.74, 6) is 0.628. The summed E-state index contributed by atoms with van der Waals surface area (Å²) in [6.45, 7) is 2.26. The number of aryl methyl sites for hydroxylation is 1. The molecule has 4 rings (SSSR count). The van der Waals surface area contributed by atoms with Gasteiger partial charge in [-0.2, -0.15) is 0 Å². The summed E-state index contributed by atoms with van der Waals surface area (Å²) in [6.07, 6.45) is 16.9. The number of ketones is 1. The van der Waals surface area contributed by atoms with Crippen LogP contribution in [0.2, 0.25) is 0 Å². The van der Waals surface area contributed by atoms with Gasteiger partial charge in [-0.3, -0.25) is 4.79 Å². The molecule has 0 aromatic carbocycles. The Morgan fingerprint density at radius 1 is 1.21 bits per heavy atom. The van der Waals surface area contributed by atoms with Crippen LogP contribution in [0, 0.1) is 0 Å². The molecule has 1 unspecified atom stereocenters. The number of allylic oxidation sites excluding steroid dienone is 1. The van der Waals surface area contributed by atoms with Gasteiger partial charge in [0, 0.05) is 23.7 Å². The molecule has 148 valence electrons. The topological polar surface area (TPSA) is 60.7 Å². The largest absolute Gasteiger partial charge is 0.360 e. The van der Waals surface area contributed by atoms with E-state index in [1.807, 2.05) is 24.4 Å². The van der Waals surface area contributed by atoms with Crippen LogP contribution in [-0.2, 0) is 11.2 Å². The summed E-state index contributed by atoms with van der Waals surface area (Å²) in [4.78, 5) is 19.4. The van der Waals surface area contributed by atoms with Crippen molar-refractivity contribution in [2.24, 2.45) is 0 Å². The fourth-order valence-electron chi connectivity index (χ4n) is 4.45. The van der Waals surface area contributed by atoms with E-state index >= 15 is 0 Å². The lowest BCUT2D eigenvalue weighted by molar-refractivity contribution is -0.111. The SMILES string of the molecule is CCCCC1CCCCCCc2cc1c(/C=C1/NC(c3ccc[nH]3)=CC1=O)[nH]2. The normalized spacial score (nSPS) is 21.6. The van der Waals surface area contributed by atoms with Gasteiger partial charge in [-0.25, -0.2) is 0 Å². The summed E-state index contributed by atoms with van der Waals surface area (Å²) in [5.41, 5.74) is 6.28. The van der Waals surface area contributed by atoms with Gasteiger partial charge in [0.2, 0.25) is 5.78 Å². The second-order valence-electron chi connectivity index (χ2n) is 8.14. The minimum absolute atomic E-state index is 0.0427. The van der Waals surface area contributed by atoms with Gasteiger partial charge in [-0.1, -0.05) is 39.0 Å². The molecule has 4 heteroatoms. The van der Waals surface area contributed by atoms with Crippen molar-refractivity contribution in [3.63, 3.8) is 0 Å². The van der Waals surface area contributed by atoms with E-state index in [9.17, 15) is 4.79 Å². The van der Waals surface area contributed by atoms with Crippen LogP contribution in [0.5, 0.6) is 0 Å². The van der Waals surface area contributed by atoms with Crippen LogP contribution in [0.15, 0.2) is 36.2 Å². The van der Waals surface area contributed by atoms with E-state index in [1.165, 1.54) is 62.6 Å². The van der Waals surface area contributed by atoms with Gasteiger partial charge in [0.15, 0.2) is 0 Å². The third kappa shape index (κ3) is 4.16. The van der Waals surface area contributed by atoms with Gasteiger partial charge in [0.25, 0.3) is 0 Å². The summed E-state index contributed by atoms with van der Waals surface area (Å²) in [7, 11) is 0. The molecule has 1 atom stereocenters. The highest BCUT2D eigenvalue weighted by Crippen LogP contribution is 2.34. The number of fused-ring (bicyclic) bond motifs is 2. The Kier molecular flexibility index (Phi) is 5.84.